The third kappa shape index (κ3) is 44.6. The molecule has 77 heavy (non-hydrogen) atoms. The zero-order valence-corrected chi connectivity index (χ0v) is 52.3. The number of para-hydroxylation sites is 2. The van der Waals surface area contributed by atoms with Crippen LogP contribution in [-0.2, 0) is 29.3 Å². The van der Waals surface area contributed by atoms with Crippen LogP contribution in [0.2, 0.25) is 0 Å². The van der Waals surface area contributed by atoms with Gasteiger partial charge in [-0.3, -0.25) is 4.99 Å². The van der Waals surface area contributed by atoms with E-state index in [1.54, 1.807) is 0 Å². The number of rotatable bonds is 52. The first-order valence-corrected chi connectivity index (χ1v) is 33.6. The summed E-state index contributed by atoms with van der Waals surface area (Å²) in [7, 11) is 0. The van der Waals surface area contributed by atoms with E-state index in [-0.39, 0.29) is 16.5 Å². The summed E-state index contributed by atoms with van der Waals surface area (Å²) in [6.07, 6.45) is 70.0. The van der Waals surface area contributed by atoms with Gasteiger partial charge in [-0.2, -0.15) is 0 Å². The van der Waals surface area contributed by atoms with Crippen molar-refractivity contribution >= 4 is 22.8 Å². The van der Waals surface area contributed by atoms with Crippen molar-refractivity contribution in [3.05, 3.63) is 71.8 Å². The molecule has 0 aliphatic rings. The summed E-state index contributed by atoms with van der Waals surface area (Å²) in [5.74, 6) is 14.1. The van der Waals surface area contributed by atoms with E-state index in [9.17, 15) is 0 Å². The molecule has 438 valence electrons. The van der Waals surface area contributed by atoms with Gasteiger partial charge in [0.2, 0.25) is 0 Å². The van der Waals surface area contributed by atoms with E-state index in [0.717, 1.165) is 99.8 Å². The minimum absolute atomic E-state index is 0. The van der Waals surface area contributed by atoms with Gasteiger partial charge in [0.05, 0.1) is 22.8 Å². The molecule has 0 radical (unpaired) electrons. The maximum atomic E-state index is 5.54. The molecule has 0 N–H and O–H groups in total. The van der Waals surface area contributed by atoms with E-state index in [1.165, 1.54) is 255 Å². The first-order valence-electron chi connectivity index (χ1n) is 33.6. The number of unbranched alkanes of at least 4 members (excludes halogenated alkanes) is 41. The van der Waals surface area contributed by atoms with Gasteiger partial charge in [-0.25, -0.2) is 4.99 Å². The van der Waals surface area contributed by atoms with Crippen LogP contribution in [-0.4, -0.2) is 11.4 Å². The molecule has 0 spiro atoms. The van der Waals surface area contributed by atoms with Crippen LogP contribution in [0.5, 0.6) is 0 Å². The van der Waals surface area contributed by atoms with E-state index >= 15 is 0 Å². The number of aryl methyl sites for hydroxylation is 2. The molecular formula is C74H122N2Ni. The average Bonchev–Trinajstić information content (AvgIpc) is 3.44. The van der Waals surface area contributed by atoms with Gasteiger partial charge in [0.15, 0.2) is 0 Å². The second kappa shape index (κ2) is 57.8. The Balaban J connectivity index is 0.0000296. The summed E-state index contributed by atoms with van der Waals surface area (Å²) in [5, 5.41) is 0. The minimum Gasteiger partial charge on any atom is -0.251 e. The maximum absolute atomic E-state index is 5.54. The molecule has 0 unspecified atom stereocenters. The van der Waals surface area contributed by atoms with Crippen molar-refractivity contribution in [1.29, 1.82) is 0 Å². The van der Waals surface area contributed by atoms with Crippen molar-refractivity contribution in [3.8, 4) is 23.7 Å². The molecule has 2 aromatic rings. The number of aliphatic imine (C=N–C) groups is 2. The van der Waals surface area contributed by atoms with Crippen LogP contribution in [0.15, 0.2) is 70.7 Å². The standard InChI is InChI=1S/C74H122N2.Ni/c1-5-9-13-16-19-22-25-28-31-34-36-39-42-45-48-51-54-61-69-63-57-59-66-71(69)75-73(65-12-8-4)74(68-56-53-50-47-44-41-38-33-30-27-24-21-18-15-11-7-3)76-72-67-60-58-64-70(72)62-55-52-49-46-43-40-37-35-32-29-26-23-20-17-14-10-6-2;/h56-60,63-64,66-68H,5-44,47,50-55,61-62,65H2,1-4H3;. The number of nitrogens with zero attached hydrogens (tertiary/aromatic N) is 2. The summed E-state index contributed by atoms with van der Waals surface area (Å²) in [6.45, 7) is 9.21. The van der Waals surface area contributed by atoms with Crippen LogP contribution < -0.4 is 0 Å². The van der Waals surface area contributed by atoms with Crippen LogP contribution in [0, 0.1) is 23.7 Å². The van der Waals surface area contributed by atoms with Gasteiger partial charge < -0.3 is 0 Å². The Bertz CT molecular complexity index is 1810. The molecule has 0 saturated carbocycles. The Morgan fingerprint density at radius 2 is 0.636 bits per heavy atom. The molecule has 2 aromatic carbocycles. The molecule has 0 aromatic heterocycles. The largest absolute Gasteiger partial charge is 0.251 e. The second-order valence-corrected chi connectivity index (χ2v) is 22.9. The first-order chi connectivity index (χ1) is 37.7. The van der Waals surface area contributed by atoms with Gasteiger partial charge in [0, 0.05) is 42.2 Å². The SMILES string of the molecule is CCCCCCCCCCCCCCC#CCCCc1ccccc1N=C(C=CCCCCCCCCCCCCCCCC)C(CCCC)=Nc1ccccc1CCCC#CCCCCCCCCCCCCCC.[Ni]. The quantitative estimate of drug-likeness (QED) is 0.0273. The van der Waals surface area contributed by atoms with Crippen LogP contribution in [0.4, 0.5) is 11.4 Å². The fraction of sp³-hybridized carbons (Fsp3) is 0.730. The van der Waals surface area contributed by atoms with Gasteiger partial charge in [0.25, 0.3) is 0 Å². The third-order valence-electron chi connectivity index (χ3n) is 15.6. The summed E-state index contributed by atoms with van der Waals surface area (Å²) in [6, 6.07) is 17.7. The monoisotopic (exact) mass is 1100 g/mol. The van der Waals surface area contributed by atoms with Crippen molar-refractivity contribution < 1.29 is 16.5 Å². The van der Waals surface area contributed by atoms with Gasteiger partial charge >= 0.3 is 0 Å². The van der Waals surface area contributed by atoms with Crippen molar-refractivity contribution in [3.63, 3.8) is 0 Å². The fourth-order valence-electron chi connectivity index (χ4n) is 10.6. The van der Waals surface area contributed by atoms with Crippen molar-refractivity contribution in [2.24, 2.45) is 9.98 Å². The van der Waals surface area contributed by atoms with E-state index in [1.807, 2.05) is 0 Å². The summed E-state index contributed by atoms with van der Waals surface area (Å²) >= 11 is 0. The van der Waals surface area contributed by atoms with Crippen molar-refractivity contribution in [2.45, 2.75) is 349 Å². The molecule has 0 aliphatic heterocycles. The molecule has 3 heteroatoms. The normalized spacial score (nSPS) is 11.7. The Hall–Kier alpha value is -2.87. The second-order valence-electron chi connectivity index (χ2n) is 22.9. The Kier molecular flexibility index (Phi) is 54.2. The number of benzene rings is 2. The molecule has 0 amide bonds. The molecular weight excluding hydrogens is 976 g/mol. The Morgan fingerprint density at radius 1 is 0.338 bits per heavy atom. The van der Waals surface area contributed by atoms with Crippen LogP contribution in [0.1, 0.15) is 347 Å². The Labute approximate surface area is 490 Å². The van der Waals surface area contributed by atoms with E-state index in [2.05, 4.69) is 112 Å². The third-order valence-corrected chi connectivity index (χ3v) is 15.6. The molecule has 0 heterocycles. The van der Waals surface area contributed by atoms with Crippen molar-refractivity contribution in [1.82, 2.24) is 0 Å². The van der Waals surface area contributed by atoms with Gasteiger partial charge in [0.1, 0.15) is 0 Å². The minimum atomic E-state index is 0. The molecule has 0 atom stereocenters. The number of hydrogen-bond acceptors (Lipinski definition) is 2. The topological polar surface area (TPSA) is 24.7 Å². The van der Waals surface area contributed by atoms with Crippen LogP contribution in [0.3, 0.4) is 0 Å². The van der Waals surface area contributed by atoms with E-state index < -0.39 is 0 Å². The molecule has 0 aliphatic carbocycles. The Morgan fingerprint density at radius 3 is 1.00 bits per heavy atom. The molecule has 0 fully saturated rings. The summed E-state index contributed by atoms with van der Waals surface area (Å²) in [5.41, 5.74) is 6.98. The van der Waals surface area contributed by atoms with Gasteiger partial charge in [-0.05, 0) is 93.5 Å². The fourth-order valence-corrected chi connectivity index (χ4v) is 10.6. The molecule has 0 bridgehead atoms. The van der Waals surface area contributed by atoms with Crippen LogP contribution >= 0.6 is 0 Å². The average molecular weight is 1100 g/mol. The van der Waals surface area contributed by atoms with E-state index in [4.69, 9.17) is 9.98 Å². The smallest absolute Gasteiger partial charge is 0.0848 e. The van der Waals surface area contributed by atoms with Crippen LogP contribution in [0.25, 0.3) is 0 Å². The van der Waals surface area contributed by atoms with Crippen molar-refractivity contribution in [2.75, 3.05) is 0 Å². The predicted octanol–water partition coefficient (Wildman–Crippen LogP) is 25.0. The predicted molar refractivity (Wildman–Crippen MR) is 343 cm³/mol. The summed E-state index contributed by atoms with van der Waals surface area (Å²) < 4.78 is 0. The van der Waals surface area contributed by atoms with Gasteiger partial charge in [-0.15, -0.1) is 23.7 Å². The molecule has 0 saturated heterocycles. The molecule has 2 nitrogen and oxygen atoms in total. The zero-order valence-electron chi connectivity index (χ0n) is 51.3. The summed E-state index contributed by atoms with van der Waals surface area (Å²) in [4.78, 5) is 11.1. The number of hydrogen-bond donors (Lipinski definition) is 0. The van der Waals surface area contributed by atoms with Gasteiger partial charge in [-0.1, -0.05) is 301 Å². The molecule has 2 rings (SSSR count). The number of allylic oxidation sites excluding steroid dienone is 2. The first kappa shape index (κ1) is 72.1. The maximum Gasteiger partial charge on any atom is 0.0848 e. The zero-order chi connectivity index (χ0) is 54.1. The van der Waals surface area contributed by atoms with E-state index in [0.29, 0.717) is 0 Å².